The summed E-state index contributed by atoms with van der Waals surface area (Å²) in [5.41, 5.74) is 0.795. The quantitative estimate of drug-likeness (QED) is 0.767. The summed E-state index contributed by atoms with van der Waals surface area (Å²) in [5.74, 6) is 0.0451. The van der Waals surface area contributed by atoms with Crippen molar-refractivity contribution in [2.75, 3.05) is 0 Å². The molecule has 0 bridgehead atoms. The predicted octanol–water partition coefficient (Wildman–Crippen LogP) is 2.65. The highest BCUT2D eigenvalue weighted by atomic mass is 32.2. The van der Waals surface area contributed by atoms with Gasteiger partial charge in [0.05, 0.1) is 10.4 Å². The third-order valence-corrected chi connectivity index (χ3v) is 3.94. The fraction of sp³-hybridized carbons (Fsp3) is 0.364. The van der Waals surface area contributed by atoms with Crippen LogP contribution in [0.25, 0.3) is 0 Å². The van der Waals surface area contributed by atoms with Gasteiger partial charge in [-0.05, 0) is 25.5 Å². The standard InChI is InChI=1S/C11H13NOS/c1-3-11(2)12-10(13)8-6-4-5-7-9(8)14-11/h4-7H,3H2,1-2H3,(H,12,13). The van der Waals surface area contributed by atoms with Crippen molar-refractivity contribution in [3.05, 3.63) is 29.8 Å². The van der Waals surface area contributed by atoms with Gasteiger partial charge in [0.2, 0.25) is 0 Å². The normalized spacial score (nSPS) is 25.4. The summed E-state index contributed by atoms with van der Waals surface area (Å²) < 4.78 is 0. The van der Waals surface area contributed by atoms with Gasteiger partial charge < -0.3 is 5.32 Å². The van der Waals surface area contributed by atoms with Crippen LogP contribution >= 0.6 is 11.8 Å². The molecule has 1 atom stereocenters. The molecular weight excluding hydrogens is 194 g/mol. The maximum Gasteiger partial charge on any atom is 0.253 e. The van der Waals surface area contributed by atoms with Crippen LogP contribution in [0.4, 0.5) is 0 Å². The van der Waals surface area contributed by atoms with Crippen LogP contribution in [0.15, 0.2) is 29.2 Å². The largest absolute Gasteiger partial charge is 0.337 e. The lowest BCUT2D eigenvalue weighted by Gasteiger charge is -2.33. The van der Waals surface area contributed by atoms with Crippen molar-refractivity contribution < 1.29 is 4.79 Å². The van der Waals surface area contributed by atoms with Gasteiger partial charge in [-0.1, -0.05) is 30.8 Å². The molecule has 0 saturated carbocycles. The molecule has 2 rings (SSSR count). The first-order chi connectivity index (χ1) is 6.64. The zero-order valence-corrected chi connectivity index (χ0v) is 9.15. The van der Waals surface area contributed by atoms with Gasteiger partial charge in [-0.2, -0.15) is 0 Å². The van der Waals surface area contributed by atoms with Gasteiger partial charge in [0, 0.05) is 4.90 Å². The Morgan fingerprint density at radius 1 is 1.43 bits per heavy atom. The Balaban J connectivity index is 2.43. The molecule has 1 aromatic carbocycles. The Morgan fingerprint density at radius 2 is 2.14 bits per heavy atom. The number of hydrogen-bond acceptors (Lipinski definition) is 2. The van der Waals surface area contributed by atoms with Crippen LogP contribution in [0.5, 0.6) is 0 Å². The van der Waals surface area contributed by atoms with E-state index in [1.807, 2.05) is 24.3 Å². The summed E-state index contributed by atoms with van der Waals surface area (Å²) in [7, 11) is 0. The van der Waals surface area contributed by atoms with Crippen LogP contribution in [0, 0.1) is 0 Å². The monoisotopic (exact) mass is 207 g/mol. The number of benzene rings is 1. The van der Waals surface area contributed by atoms with Gasteiger partial charge in [-0.15, -0.1) is 0 Å². The third-order valence-electron chi connectivity index (χ3n) is 2.52. The number of thioether (sulfide) groups is 1. The van der Waals surface area contributed by atoms with E-state index in [-0.39, 0.29) is 10.8 Å². The molecule has 3 heteroatoms. The van der Waals surface area contributed by atoms with Crippen molar-refractivity contribution in [1.29, 1.82) is 0 Å². The van der Waals surface area contributed by atoms with Crippen molar-refractivity contribution in [1.82, 2.24) is 5.32 Å². The highest BCUT2D eigenvalue weighted by molar-refractivity contribution is 8.00. The van der Waals surface area contributed by atoms with E-state index in [4.69, 9.17) is 0 Å². The van der Waals surface area contributed by atoms with Crippen LogP contribution < -0.4 is 5.32 Å². The second kappa shape index (κ2) is 3.31. The first-order valence-electron chi connectivity index (χ1n) is 4.75. The van der Waals surface area contributed by atoms with E-state index in [9.17, 15) is 4.79 Å². The first-order valence-corrected chi connectivity index (χ1v) is 5.57. The molecule has 1 amide bonds. The minimum atomic E-state index is -0.147. The molecule has 1 N–H and O–H groups in total. The summed E-state index contributed by atoms with van der Waals surface area (Å²) in [6, 6.07) is 7.74. The minimum Gasteiger partial charge on any atom is -0.337 e. The maximum absolute atomic E-state index is 11.7. The molecule has 0 spiro atoms. The Labute approximate surface area is 88.1 Å². The molecule has 14 heavy (non-hydrogen) atoms. The zero-order valence-electron chi connectivity index (χ0n) is 8.33. The van der Waals surface area contributed by atoms with E-state index in [1.165, 1.54) is 0 Å². The minimum absolute atomic E-state index is 0.0451. The van der Waals surface area contributed by atoms with Crippen molar-refractivity contribution in [2.45, 2.75) is 30.0 Å². The SMILES string of the molecule is CCC1(C)NC(=O)c2ccccc2S1. The van der Waals surface area contributed by atoms with Gasteiger partial charge >= 0.3 is 0 Å². The van der Waals surface area contributed by atoms with Gasteiger partial charge in [0.15, 0.2) is 0 Å². The highest BCUT2D eigenvalue weighted by Crippen LogP contribution is 2.38. The smallest absolute Gasteiger partial charge is 0.253 e. The summed E-state index contributed by atoms with van der Waals surface area (Å²) in [6.45, 7) is 4.15. The fourth-order valence-corrected chi connectivity index (χ4v) is 2.67. The molecule has 0 aromatic heterocycles. The van der Waals surface area contributed by atoms with E-state index in [0.29, 0.717) is 0 Å². The van der Waals surface area contributed by atoms with Gasteiger partial charge in [-0.3, -0.25) is 4.79 Å². The molecule has 0 aliphatic carbocycles. The zero-order chi connectivity index (χ0) is 10.2. The Morgan fingerprint density at radius 3 is 2.86 bits per heavy atom. The topological polar surface area (TPSA) is 29.1 Å². The lowest BCUT2D eigenvalue weighted by Crippen LogP contribution is -2.45. The third kappa shape index (κ3) is 1.52. The number of rotatable bonds is 1. The summed E-state index contributed by atoms with van der Waals surface area (Å²) in [4.78, 5) is 12.7. The molecule has 1 aliphatic heterocycles. The summed E-state index contributed by atoms with van der Waals surface area (Å²) in [5, 5.41) is 3.02. The van der Waals surface area contributed by atoms with E-state index in [2.05, 4.69) is 19.2 Å². The molecule has 0 fully saturated rings. The van der Waals surface area contributed by atoms with Crippen molar-refractivity contribution in [3.63, 3.8) is 0 Å². The predicted molar refractivity (Wildman–Crippen MR) is 58.5 cm³/mol. The van der Waals surface area contributed by atoms with Crippen LogP contribution in [0.1, 0.15) is 30.6 Å². The number of amides is 1. The van der Waals surface area contributed by atoms with Crippen LogP contribution in [-0.2, 0) is 0 Å². The van der Waals surface area contributed by atoms with E-state index in [1.54, 1.807) is 11.8 Å². The fourth-order valence-electron chi connectivity index (χ4n) is 1.48. The summed E-state index contributed by atoms with van der Waals surface area (Å²) >= 11 is 1.73. The Bertz CT molecular complexity index is 377. The average Bonchev–Trinajstić information content (AvgIpc) is 2.18. The number of carbonyl (C=O) groups excluding carboxylic acids is 1. The van der Waals surface area contributed by atoms with Crippen LogP contribution in [0.2, 0.25) is 0 Å². The Hall–Kier alpha value is -0.960. The number of carbonyl (C=O) groups is 1. The van der Waals surface area contributed by atoms with E-state index >= 15 is 0 Å². The van der Waals surface area contributed by atoms with E-state index < -0.39 is 0 Å². The lowest BCUT2D eigenvalue weighted by molar-refractivity contribution is 0.0924. The lowest BCUT2D eigenvalue weighted by atomic mass is 10.1. The van der Waals surface area contributed by atoms with Crippen molar-refractivity contribution in [2.24, 2.45) is 0 Å². The van der Waals surface area contributed by atoms with Crippen molar-refractivity contribution in [3.8, 4) is 0 Å². The van der Waals surface area contributed by atoms with Crippen LogP contribution in [-0.4, -0.2) is 10.8 Å². The average molecular weight is 207 g/mol. The summed E-state index contributed by atoms with van der Waals surface area (Å²) in [6.07, 6.45) is 0.928. The molecule has 74 valence electrons. The van der Waals surface area contributed by atoms with Crippen LogP contribution in [0.3, 0.4) is 0 Å². The number of hydrogen-bond donors (Lipinski definition) is 1. The second-order valence-corrected chi connectivity index (χ2v) is 5.18. The van der Waals surface area contributed by atoms with Gasteiger partial charge in [0.25, 0.3) is 5.91 Å². The second-order valence-electron chi connectivity index (χ2n) is 3.64. The van der Waals surface area contributed by atoms with E-state index in [0.717, 1.165) is 16.9 Å². The van der Waals surface area contributed by atoms with Crippen molar-refractivity contribution >= 4 is 17.7 Å². The molecule has 2 nitrogen and oxygen atoms in total. The maximum atomic E-state index is 11.7. The molecule has 1 aliphatic rings. The van der Waals surface area contributed by atoms with Gasteiger partial charge in [0.1, 0.15) is 0 Å². The Kier molecular flexibility index (Phi) is 2.27. The molecule has 0 saturated heterocycles. The highest BCUT2D eigenvalue weighted by Gasteiger charge is 2.32. The molecule has 1 heterocycles. The molecule has 0 radical (unpaired) electrons. The number of fused-ring (bicyclic) bond motifs is 1. The number of nitrogens with one attached hydrogen (secondary N) is 1. The molecule has 1 aromatic rings. The van der Waals surface area contributed by atoms with Gasteiger partial charge in [-0.25, -0.2) is 0 Å². The molecular formula is C11H13NOS. The first kappa shape index (κ1) is 9.59. The molecule has 1 unspecified atom stereocenters.